The molecule has 1 aromatic heterocycles. The normalized spacial score (nSPS) is 18.4. The molecule has 0 unspecified atom stereocenters. The van der Waals surface area contributed by atoms with E-state index in [1.807, 2.05) is 12.1 Å². The van der Waals surface area contributed by atoms with Crippen molar-refractivity contribution in [3.63, 3.8) is 0 Å². The third kappa shape index (κ3) is 3.71. The Bertz CT molecular complexity index is 723. The molecule has 26 heavy (non-hydrogen) atoms. The highest BCUT2D eigenvalue weighted by Crippen LogP contribution is 2.34. The maximum absolute atomic E-state index is 12.4. The van der Waals surface area contributed by atoms with Crippen LogP contribution < -0.4 is 15.5 Å². The fourth-order valence-electron chi connectivity index (χ4n) is 4.21. The van der Waals surface area contributed by atoms with Crippen LogP contribution in [0.15, 0.2) is 47.1 Å². The molecule has 138 valence electrons. The fraction of sp³-hybridized carbons (Fsp3) is 0.476. The highest BCUT2D eigenvalue weighted by molar-refractivity contribution is 5.74. The maximum Gasteiger partial charge on any atom is 0.315 e. The molecule has 1 fully saturated rings. The number of hydrogen-bond acceptors (Lipinski definition) is 3. The molecule has 5 nitrogen and oxygen atoms in total. The molecule has 0 spiro atoms. The molecule has 0 radical (unpaired) electrons. The number of nitrogens with zero attached hydrogens (tertiary/aromatic N) is 1. The van der Waals surface area contributed by atoms with Crippen LogP contribution in [0.1, 0.15) is 49.5 Å². The summed E-state index contributed by atoms with van der Waals surface area (Å²) in [6, 6.07) is 12.6. The molecular weight excluding hydrogens is 326 g/mol. The smallest absolute Gasteiger partial charge is 0.315 e. The number of fused-ring (bicyclic) bond motifs is 1. The quantitative estimate of drug-likeness (QED) is 0.854. The Morgan fingerprint density at radius 2 is 2.00 bits per heavy atom. The predicted molar refractivity (Wildman–Crippen MR) is 102 cm³/mol. The van der Waals surface area contributed by atoms with Crippen molar-refractivity contribution in [3.8, 4) is 0 Å². The summed E-state index contributed by atoms with van der Waals surface area (Å²) >= 11 is 0. The van der Waals surface area contributed by atoms with Gasteiger partial charge in [0.15, 0.2) is 0 Å². The maximum atomic E-state index is 12.4. The summed E-state index contributed by atoms with van der Waals surface area (Å²) in [7, 11) is 0. The van der Waals surface area contributed by atoms with Gasteiger partial charge in [-0.05, 0) is 43.0 Å². The van der Waals surface area contributed by atoms with E-state index in [2.05, 4.69) is 39.8 Å². The van der Waals surface area contributed by atoms with Crippen molar-refractivity contribution in [2.24, 2.45) is 0 Å². The highest BCUT2D eigenvalue weighted by atomic mass is 16.3. The van der Waals surface area contributed by atoms with Crippen LogP contribution >= 0.6 is 0 Å². The molecule has 1 atom stereocenters. The lowest BCUT2D eigenvalue weighted by molar-refractivity contribution is 0.231. The van der Waals surface area contributed by atoms with E-state index in [0.29, 0.717) is 12.6 Å². The van der Waals surface area contributed by atoms with Crippen molar-refractivity contribution in [1.82, 2.24) is 10.6 Å². The van der Waals surface area contributed by atoms with E-state index < -0.39 is 0 Å². The Kier molecular flexibility index (Phi) is 5.14. The van der Waals surface area contributed by atoms with Crippen LogP contribution in [0.5, 0.6) is 0 Å². The Morgan fingerprint density at radius 1 is 1.15 bits per heavy atom. The minimum absolute atomic E-state index is 0.00533. The number of hydrogen-bond donors (Lipinski definition) is 2. The molecule has 1 aliphatic heterocycles. The zero-order valence-electron chi connectivity index (χ0n) is 15.1. The molecule has 1 aliphatic carbocycles. The van der Waals surface area contributed by atoms with Gasteiger partial charge in [0.1, 0.15) is 11.8 Å². The second kappa shape index (κ2) is 7.85. The van der Waals surface area contributed by atoms with E-state index in [0.717, 1.165) is 31.6 Å². The second-order valence-corrected chi connectivity index (χ2v) is 7.29. The number of rotatable bonds is 5. The van der Waals surface area contributed by atoms with Crippen LogP contribution in [0.25, 0.3) is 0 Å². The fourth-order valence-corrected chi connectivity index (χ4v) is 4.21. The van der Waals surface area contributed by atoms with Crippen LogP contribution in [0.3, 0.4) is 0 Å². The third-order valence-electron chi connectivity index (χ3n) is 5.57. The zero-order chi connectivity index (χ0) is 17.8. The molecule has 2 N–H and O–H groups in total. The van der Waals surface area contributed by atoms with E-state index in [1.54, 1.807) is 6.26 Å². The van der Waals surface area contributed by atoms with Gasteiger partial charge >= 0.3 is 6.03 Å². The number of carbonyl (C=O) groups is 1. The Hall–Kier alpha value is -2.43. The number of nitrogens with one attached hydrogen (secondary N) is 2. The van der Waals surface area contributed by atoms with Gasteiger partial charge in [0.05, 0.1) is 6.26 Å². The molecule has 4 rings (SSSR count). The van der Waals surface area contributed by atoms with E-state index in [1.165, 1.54) is 30.5 Å². The van der Waals surface area contributed by atoms with Crippen molar-refractivity contribution in [2.75, 3.05) is 18.0 Å². The van der Waals surface area contributed by atoms with Gasteiger partial charge in [-0.2, -0.15) is 0 Å². The van der Waals surface area contributed by atoms with E-state index in [4.69, 9.17) is 4.42 Å². The molecule has 2 aliphatic rings. The largest absolute Gasteiger partial charge is 0.467 e. The summed E-state index contributed by atoms with van der Waals surface area (Å²) in [6.45, 7) is 1.47. The minimum atomic E-state index is -0.0686. The zero-order valence-corrected chi connectivity index (χ0v) is 15.1. The van der Waals surface area contributed by atoms with E-state index in [-0.39, 0.29) is 12.1 Å². The standard InChI is InChI=1S/C21H27N3O2/c25-21(23-17-8-2-1-3-9-17)22-15-19(20-11-6-14-26-20)24-13-12-16-7-4-5-10-18(16)24/h4-7,10-11,14,17,19H,1-3,8-9,12-13,15H2,(H2,22,23,25)/t19-/m0/s1. The van der Waals surface area contributed by atoms with Gasteiger partial charge in [-0.15, -0.1) is 0 Å². The number of urea groups is 1. The SMILES string of the molecule is O=C(NC[C@@H](c1ccco1)N1CCc2ccccc21)NC1CCCCC1. The molecule has 5 heteroatoms. The first-order chi connectivity index (χ1) is 12.8. The van der Waals surface area contributed by atoms with Gasteiger partial charge in [-0.25, -0.2) is 4.79 Å². The monoisotopic (exact) mass is 353 g/mol. The molecular formula is C21H27N3O2. The van der Waals surface area contributed by atoms with Crippen LogP contribution in [0.4, 0.5) is 10.5 Å². The Morgan fingerprint density at radius 3 is 2.81 bits per heavy atom. The second-order valence-electron chi connectivity index (χ2n) is 7.29. The molecule has 0 bridgehead atoms. The summed E-state index contributed by atoms with van der Waals surface area (Å²) in [5.41, 5.74) is 2.60. The third-order valence-corrected chi connectivity index (χ3v) is 5.57. The van der Waals surface area contributed by atoms with Crippen LogP contribution in [-0.2, 0) is 6.42 Å². The summed E-state index contributed by atoms with van der Waals surface area (Å²) in [5.74, 6) is 0.889. The number of para-hydroxylation sites is 1. The predicted octanol–water partition coefficient (Wildman–Crippen LogP) is 4.02. The van der Waals surface area contributed by atoms with Crippen LogP contribution in [0, 0.1) is 0 Å². The average Bonchev–Trinajstić information content (AvgIpc) is 3.34. The molecule has 1 saturated carbocycles. The summed E-state index contributed by atoms with van der Waals surface area (Å²) in [4.78, 5) is 14.7. The van der Waals surface area contributed by atoms with Gasteiger partial charge in [-0.1, -0.05) is 37.5 Å². The lowest BCUT2D eigenvalue weighted by Gasteiger charge is -2.30. The minimum Gasteiger partial charge on any atom is -0.467 e. The van der Waals surface area contributed by atoms with Crippen molar-refractivity contribution in [2.45, 2.75) is 50.6 Å². The molecule has 0 saturated heterocycles. The van der Waals surface area contributed by atoms with Gasteiger partial charge in [0.2, 0.25) is 0 Å². The van der Waals surface area contributed by atoms with Crippen molar-refractivity contribution in [3.05, 3.63) is 54.0 Å². The Balaban J connectivity index is 1.43. The molecule has 2 amide bonds. The van der Waals surface area contributed by atoms with Crippen LogP contribution in [-0.4, -0.2) is 25.2 Å². The first kappa shape index (κ1) is 17.0. The first-order valence-electron chi connectivity index (χ1n) is 9.73. The lowest BCUT2D eigenvalue weighted by Crippen LogP contribution is -2.46. The highest BCUT2D eigenvalue weighted by Gasteiger charge is 2.29. The topological polar surface area (TPSA) is 57.5 Å². The molecule has 1 aromatic carbocycles. The number of furan rings is 1. The molecule has 2 aromatic rings. The lowest BCUT2D eigenvalue weighted by atomic mass is 9.96. The summed E-state index contributed by atoms with van der Waals surface area (Å²) < 4.78 is 5.69. The van der Waals surface area contributed by atoms with Crippen LogP contribution in [0.2, 0.25) is 0 Å². The van der Waals surface area contributed by atoms with E-state index >= 15 is 0 Å². The number of benzene rings is 1. The Labute approximate surface area is 154 Å². The van der Waals surface area contributed by atoms with Crippen molar-refractivity contribution >= 4 is 11.7 Å². The number of anilines is 1. The number of amides is 2. The molecule has 2 heterocycles. The van der Waals surface area contributed by atoms with Gasteiger partial charge in [0, 0.05) is 24.8 Å². The van der Waals surface area contributed by atoms with Crippen molar-refractivity contribution in [1.29, 1.82) is 0 Å². The number of carbonyl (C=O) groups excluding carboxylic acids is 1. The van der Waals surface area contributed by atoms with Gasteiger partial charge in [0.25, 0.3) is 0 Å². The van der Waals surface area contributed by atoms with E-state index in [9.17, 15) is 4.79 Å². The van der Waals surface area contributed by atoms with Gasteiger partial charge < -0.3 is 20.0 Å². The summed E-state index contributed by atoms with van der Waals surface area (Å²) in [6.07, 6.45) is 8.63. The van der Waals surface area contributed by atoms with Gasteiger partial charge in [-0.3, -0.25) is 0 Å². The van der Waals surface area contributed by atoms with Crippen molar-refractivity contribution < 1.29 is 9.21 Å². The average molecular weight is 353 g/mol. The first-order valence-corrected chi connectivity index (χ1v) is 9.73. The summed E-state index contributed by atoms with van der Waals surface area (Å²) in [5, 5.41) is 6.20.